The zero-order chi connectivity index (χ0) is 18.1. The summed E-state index contributed by atoms with van der Waals surface area (Å²) in [6, 6.07) is -0.295. The third kappa shape index (κ3) is 4.46. The van der Waals surface area contributed by atoms with Crippen molar-refractivity contribution in [3.63, 3.8) is 0 Å². The number of aliphatic hydroxyl groups is 1. The Balaban J connectivity index is 1.74. The van der Waals surface area contributed by atoms with Crippen LogP contribution < -0.4 is 5.32 Å². The van der Waals surface area contributed by atoms with E-state index in [4.69, 9.17) is 0 Å². The van der Waals surface area contributed by atoms with Crippen LogP contribution in [0.4, 0.5) is 4.79 Å². The molecule has 2 saturated heterocycles. The Morgan fingerprint density at radius 1 is 1.08 bits per heavy atom. The van der Waals surface area contributed by atoms with Gasteiger partial charge in [-0.1, -0.05) is 20.8 Å². The van der Waals surface area contributed by atoms with E-state index in [1.54, 1.807) is 13.8 Å². The van der Waals surface area contributed by atoms with Crippen LogP contribution in [0.2, 0.25) is 0 Å². The van der Waals surface area contributed by atoms with Gasteiger partial charge in [0, 0.05) is 45.8 Å². The van der Waals surface area contributed by atoms with E-state index in [9.17, 15) is 14.7 Å². The molecule has 7 heteroatoms. The summed E-state index contributed by atoms with van der Waals surface area (Å²) in [5.41, 5.74) is -0.897. The van der Waals surface area contributed by atoms with Gasteiger partial charge in [0.1, 0.15) is 5.54 Å². The summed E-state index contributed by atoms with van der Waals surface area (Å²) in [5, 5.41) is 12.9. The lowest BCUT2D eigenvalue weighted by atomic mass is 9.89. The molecule has 0 aromatic carbocycles. The van der Waals surface area contributed by atoms with Gasteiger partial charge in [-0.15, -0.1) is 0 Å². The van der Waals surface area contributed by atoms with Gasteiger partial charge in [-0.2, -0.15) is 0 Å². The first-order valence-electron chi connectivity index (χ1n) is 8.77. The molecule has 7 nitrogen and oxygen atoms in total. The first-order chi connectivity index (χ1) is 11.0. The average molecular weight is 340 g/mol. The van der Waals surface area contributed by atoms with E-state index in [2.05, 4.69) is 15.1 Å². The summed E-state index contributed by atoms with van der Waals surface area (Å²) < 4.78 is 0. The summed E-state index contributed by atoms with van der Waals surface area (Å²) in [7, 11) is 0. The molecule has 0 aliphatic carbocycles. The van der Waals surface area contributed by atoms with Gasteiger partial charge in [0.05, 0.1) is 6.10 Å². The lowest BCUT2D eigenvalue weighted by Crippen LogP contribution is -2.51. The highest BCUT2D eigenvalue weighted by molar-refractivity contribution is 6.06. The quantitative estimate of drug-likeness (QED) is 0.706. The minimum atomic E-state index is -0.793. The predicted molar refractivity (Wildman–Crippen MR) is 92.7 cm³/mol. The number of imide groups is 1. The number of carbonyl (C=O) groups is 2. The molecular weight excluding hydrogens is 308 g/mol. The zero-order valence-electron chi connectivity index (χ0n) is 15.6. The topological polar surface area (TPSA) is 76.1 Å². The molecule has 0 spiro atoms. The van der Waals surface area contributed by atoms with Crippen LogP contribution in [0, 0.1) is 5.41 Å². The van der Waals surface area contributed by atoms with E-state index in [1.165, 1.54) is 4.90 Å². The molecule has 2 aliphatic rings. The number of aliphatic hydroxyl groups excluding tert-OH is 1. The summed E-state index contributed by atoms with van der Waals surface area (Å²) in [6.07, 6.45) is -0.336. The molecule has 2 N–H and O–H groups in total. The number of β-amino-alcohol motifs (C(OH)–C–C–N with tert-alkyl or cyclic N) is 1. The maximum absolute atomic E-state index is 12.2. The van der Waals surface area contributed by atoms with Crippen molar-refractivity contribution in [1.29, 1.82) is 0 Å². The largest absolute Gasteiger partial charge is 0.391 e. The average Bonchev–Trinajstić information content (AvgIpc) is 2.66. The number of nitrogens with one attached hydrogen (secondary N) is 1. The van der Waals surface area contributed by atoms with Crippen molar-refractivity contribution < 1.29 is 14.7 Å². The molecule has 0 bridgehead atoms. The van der Waals surface area contributed by atoms with Crippen molar-refractivity contribution in [2.45, 2.75) is 46.3 Å². The Morgan fingerprint density at radius 2 is 1.62 bits per heavy atom. The Bertz CT molecular complexity index is 479. The molecule has 0 radical (unpaired) electrons. The highest BCUT2D eigenvalue weighted by Crippen LogP contribution is 2.20. The molecule has 138 valence electrons. The highest BCUT2D eigenvalue weighted by Gasteiger charge is 2.44. The second kappa shape index (κ2) is 6.98. The van der Waals surface area contributed by atoms with E-state index in [-0.39, 0.29) is 23.5 Å². The maximum Gasteiger partial charge on any atom is 0.325 e. The minimum Gasteiger partial charge on any atom is -0.391 e. The van der Waals surface area contributed by atoms with Gasteiger partial charge in [-0.05, 0) is 19.3 Å². The standard InChI is InChI=1S/C17H32N4O3/c1-16(2,3)13(22)12-20-8-6-19(7-9-20)10-11-21-14(23)17(4,5)18-15(21)24/h13,22H,6-12H2,1-5H3,(H,18,24)/t13-/m0/s1. The van der Waals surface area contributed by atoms with Crippen molar-refractivity contribution in [3.05, 3.63) is 0 Å². The first-order valence-corrected chi connectivity index (χ1v) is 8.77. The molecule has 2 rings (SSSR count). The summed E-state index contributed by atoms with van der Waals surface area (Å²) in [6.45, 7) is 15.0. The molecule has 2 aliphatic heterocycles. The van der Waals surface area contributed by atoms with Crippen LogP contribution in [0.1, 0.15) is 34.6 Å². The van der Waals surface area contributed by atoms with Crippen molar-refractivity contribution in [3.8, 4) is 0 Å². The van der Waals surface area contributed by atoms with E-state index >= 15 is 0 Å². The Morgan fingerprint density at radius 3 is 2.08 bits per heavy atom. The predicted octanol–water partition coefficient (Wildman–Crippen LogP) is 0.341. The highest BCUT2D eigenvalue weighted by atomic mass is 16.3. The normalized spacial score (nSPS) is 24.3. The molecule has 24 heavy (non-hydrogen) atoms. The summed E-state index contributed by atoms with van der Waals surface area (Å²) in [4.78, 5) is 29.9. The molecule has 0 unspecified atom stereocenters. The number of carbonyl (C=O) groups excluding carboxylic acids is 2. The Labute approximate surface area is 145 Å². The van der Waals surface area contributed by atoms with Gasteiger partial charge in [-0.3, -0.25) is 19.5 Å². The van der Waals surface area contributed by atoms with Crippen LogP contribution in [0.15, 0.2) is 0 Å². The molecular formula is C17H32N4O3. The van der Waals surface area contributed by atoms with E-state index in [0.717, 1.165) is 26.2 Å². The van der Waals surface area contributed by atoms with Crippen LogP contribution in [-0.2, 0) is 4.79 Å². The van der Waals surface area contributed by atoms with Crippen LogP contribution in [0.5, 0.6) is 0 Å². The van der Waals surface area contributed by atoms with Crippen molar-refractivity contribution in [2.75, 3.05) is 45.8 Å². The molecule has 0 aromatic rings. The fraction of sp³-hybridized carbons (Fsp3) is 0.882. The third-order valence-electron chi connectivity index (χ3n) is 4.98. The molecule has 2 heterocycles. The van der Waals surface area contributed by atoms with E-state index in [1.807, 2.05) is 20.8 Å². The lowest BCUT2D eigenvalue weighted by Gasteiger charge is -2.38. The summed E-state index contributed by atoms with van der Waals surface area (Å²) >= 11 is 0. The van der Waals surface area contributed by atoms with Crippen molar-refractivity contribution in [1.82, 2.24) is 20.0 Å². The van der Waals surface area contributed by atoms with Crippen LogP contribution in [-0.4, -0.2) is 89.2 Å². The first kappa shape index (κ1) is 19.1. The number of piperazine rings is 1. The van der Waals surface area contributed by atoms with E-state index < -0.39 is 5.54 Å². The number of amides is 3. The number of hydrogen-bond acceptors (Lipinski definition) is 5. The van der Waals surface area contributed by atoms with Crippen LogP contribution in [0.3, 0.4) is 0 Å². The molecule has 0 saturated carbocycles. The number of urea groups is 1. The summed E-state index contributed by atoms with van der Waals surface area (Å²) in [5.74, 6) is -0.153. The maximum atomic E-state index is 12.2. The Kier molecular flexibility index (Phi) is 5.57. The van der Waals surface area contributed by atoms with Gasteiger partial charge >= 0.3 is 6.03 Å². The lowest BCUT2D eigenvalue weighted by molar-refractivity contribution is -0.130. The number of hydrogen-bond donors (Lipinski definition) is 2. The fourth-order valence-electron chi connectivity index (χ4n) is 2.98. The number of nitrogens with zero attached hydrogens (tertiary/aromatic N) is 3. The van der Waals surface area contributed by atoms with Gasteiger partial charge in [0.15, 0.2) is 0 Å². The Hall–Kier alpha value is -1.18. The second-order valence-corrected chi connectivity index (χ2v) is 8.54. The molecule has 1 atom stereocenters. The van der Waals surface area contributed by atoms with Crippen molar-refractivity contribution >= 4 is 11.9 Å². The van der Waals surface area contributed by atoms with Crippen LogP contribution >= 0.6 is 0 Å². The SMILES string of the molecule is CC1(C)NC(=O)N(CCN2CCN(C[C@H](O)C(C)(C)C)CC2)C1=O. The molecule has 2 fully saturated rings. The monoisotopic (exact) mass is 340 g/mol. The van der Waals surface area contributed by atoms with Gasteiger partial charge in [0.2, 0.25) is 0 Å². The minimum absolute atomic E-state index is 0.104. The zero-order valence-corrected chi connectivity index (χ0v) is 15.6. The van der Waals surface area contributed by atoms with Gasteiger partial charge in [0.25, 0.3) is 5.91 Å². The van der Waals surface area contributed by atoms with Gasteiger partial charge < -0.3 is 10.4 Å². The fourth-order valence-corrected chi connectivity index (χ4v) is 2.98. The smallest absolute Gasteiger partial charge is 0.325 e. The van der Waals surface area contributed by atoms with E-state index in [0.29, 0.717) is 19.6 Å². The molecule has 0 aromatic heterocycles. The molecule has 3 amide bonds. The van der Waals surface area contributed by atoms with Crippen LogP contribution in [0.25, 0.3) is 0 Å². The van der Waals surface area contributed by atoms with Crippen molar-refractivity contribution in [2.24, 2.45) is 5.41 Å². The second-order valence-electron chi connectivity index (χ2n) is 8.54. The third-order valence-corrected chi connectivity index (χ3v) is 4.98. The number of rotatable bonds is 5. The van der Waals surface area contributed by atoms with Gasteiger partial charge in [-0.25, -0.2) is 4.79 Å².